The fraction of sp³-hybridized carbons (Fsp3) is 0.125. The second-order valence-electron chi connectivity index (χ2n) is 4.39. The van der Waals surface area contributed by atoms with Gasteiger partial charge in [-0.2, -0.15) is 0 Å². The molecule has 0 aliphatic carbocycles. The number of aromatic nitrogens is 2. The summed E-state index contributed by atoms with van der Waals surface area (Å²) in [5.74, 6) is 0.699. The number of nitrogens with zero attached hydrogens (tertiary/aromatic N) is 2. The van der Waals surface area contributed by atoms with E-state index < -0.39 is 0 Å². The Labute approximate surface area is 120 Å². The third kappa shape index (κ3) is 2.30. The van der Waals surface area contributed by atoms with Crippen LogP contribution < -0.4 is 5.56 Å². The zero-order valence-electron chi connectivity index (χ0n) is 11.1. The lowest BCUT2D eigenvalue weighted by Gasteiger charge is -2.08. The van der Waals surface area contributed by atoms with Crippen molar-refractivity contribution in [2.45, 2.75) is 13.5 Å². The molecule has 0 spiro atoms. The average Bonchev–Trinajstić information content (AvgIpc) is 2.99. The SMILES string of the molecule is CCn1c(/C=C/c2cccs2)nc2ccccc2c1=O. The molecule has 0 unspecified atom stereocenters. The molecule has 0 saturated heterocycles. The van der Waals surface area contributed by atoms with Gasteiger partial charge in [0, 0.05) is 11.4 Å². The summed E-state index contributed by atoms with van der Waals surface area (Å²) >= 11 is 1.66. The molecule has 0 aliphatic heterocycles. The Balaban J connectivity index is 2.17. The summed E-state index contributed by atoms with van der Waals surface area (Å²) in [6.45, 7) is 2.57. The fourth-order valence-corrected chi connectivity index (χ4v) is 2.78. The topological polar surface area (TPSA) is 34.9 Å². The summed E-state index contributed by atoms with van der Waals surface area (Å²) in [5, 5.41) is 2.70. The number of hydrogen-bond donors (Lipinski definition) is 0. The predicted molar refractivity (Wildman–Crippen MR) is 84.9 cm³/mol. The molecule has 0 bridgehead atoms. The van der Waals surface area contributed by atoms with Crippen LogP contribution in [0.15, 0.2) is 46.6 Å². The standard InChI is InChI=1S/C16H14N2OS/c1-2-18-15(10-9-12-6-5-11-20-12)17-14-8-4-3-7-13(14)16(18)19/h3-11H,2H2,1H3/b10-9+. The first-order chi connectivity index (χ1) is 9.79. The van der Waals surface area contributed by atoms with E-state index in [2.05, 4.69) is 4.98 Å². The molecule has 3 rings (SSSR count). The van der Waals surface area contributed by atoms with Crippen LogP contribution in [0.3, 0.4) is 0 Å². The van der Waals surface area contributed by atoms with Gasteiger partial charge in [0.15, 0.2) is 0 Å². The lowest BCUT2D eigenvalue weighted by atomic mass is 10.2. The van der Waals surface area contributed by atoms with Gasteiger partial charge in [0.25, 0.3) is 5.56 Å². The highest BCUT2D eigenvalue weighted by molar-refractivity contribution is 7.10. The van der Waals surface area contributed by atoms with Gasteiger partial charge in [0.2, 0.25) is 0 Å². The van der Waals surface area contributed by atoms with Gasteiger partial charge in [0.1, 0.15) is 5.82 Å². The maximum absolute atomic E-state index is 12.4. The van der Waals surface area contributed by atoms with Crippen LogP contribution in [0.5, 0.6) is 0 Å². The first-order valence-electron chi connectivity index (χ1n) is 6.51. The highest BCUT2D eigenvalue weighted by Gasteiger charge is 2.06. The molecule has 3 aromatic rings. The number of fused-ring (bicyclic) bond motifs is 1. The summed E-state index contributed by atoms with van der Waals surface area (Å²) in [6, 6.07) is 11.5. The van der Waals surface area contributed by atoms with Gasteiger partial charge in [-0.15, -0.1) is 11.3 Å². The molecule has 4 heteroatoms. The number of rotatable bonds is 3. The third-order valence-electron chi connectivity index (χ3n) is 3.15. The van der Waals surface area contributed by atoms with Gasteiger partial charge in [-0.1, -0.05) is 18.2 Å². The van der Waals surface area contributed by atoms with E-state index in [1.165, 1.54) is 0 Å². The number of para-hydroxylation sites is 1. The summed E-state index contributed by atoms with van der Waals surface area (Å²) in [5.41, 5.74) is 0.761. The molecule has 0 fully saturated rings. The van der Waals surface area contributed by atoms with E-state index in [9.17, 15) is 4.79 Å². The second kappa shape index (κ2) is 5.43. The first-order valence-corrected chi connectivity index (χ1v) is 7.38. The molecule has 2 heterocycles. The van der Waals surface area contributed by atoms with Gasteiger partial charge in [0.05, 0.1) is 10.9 Å². The lowest BCUT2D eigenvalue weighted by molar-refractivity contribution is 0.708. The van der Waals surface area contributed by atoms with Crippen LogP contribution in [0, 0.1) is 0 Å². The van der Waals surface area contributed by atoms with Crippen molar-refractivity contribution in [2.75, 3.05) is 0 Å². The average molecular weight is 282 g/mol. The largest absolute Gasteiger partial charge is 0.293 e. The monoisotopic (exact) mass is 282 g/mol. The van der Waals surface area contributed by atoms with Crippen LogP contribution in [0.2, 0.25) is 0 Å². The van der Waals surface area contributed by atoms with Crippen molar-refractivity contribution in [1.29, 1.82) is 0 Å². The lowest BCUT2D eigenvalue weighted by Crippen LogP contribution is -2.22. The minimum Gasteiger partial charge on any atom is -0.293 e. The summed E-state index contributed by atoms with van der Waals surface area (Å²) in [7, 11) is 0. The number of hydrogen-bond acceptors (Lipinski definition) is 3. The van der Waals surface area contributed by atoms with E-state index in [4.69, 9.17) is 0 Å². The predicted octanol–water partition coefficient (Wildman–Crippen LogP) is 3.65. The smallest absolute Gasteiger partial charge is 0.261 e. The molecule has 0 saturated carbocycles. The third-order valence-corrected chi connectivity index (χ3v) is 3.98. The van der Waals surface area contributed by atoms with Crippen molar-refractivity contribution in [3.8, 4) is 0 Å². The molecule has 0 atom stereocenters. The van der Waals surface area contributed by atoms with E-state index in [0.717, 1.165) is 10.4 Å². The minimum atomic E-state index is 0.0175. The maximum Gasteiger partial charge on any atom is 0.261 e. The molecule has 0 radical (unpaired) electrons. The number of thiophene rings is 1. The van der Waals surface area contributed by atoms with Gasteiger partial charge >= 0.3 is 0 Å². The van der Waals surface area contributed by atoms with Crippen LogP contribution in [-0.4, -0.2) is 9.55 Å². The van der Waals surface area contributed by atoms with E-state index >= 15 is 0 Å². The fourth-order valence-electron chi connectivity index (χ4n) is 2.16. The van der Waals surface area contributed by atoms with Gasteiger partial charge in [-0.25, -0.2) is 4.98 Å². The minimum absolute atomic E-state index is 0.0175. The van der Waals surface area contributed by atoms with Crippen LogP contribution in [0.4, 0.5) is 0 Å². The summed E-state index contributed by atoms with van der Waals surface area (Å²) in [6.07, 6.45) is 3.90. The van der Waals surface area contributed by atoms with E-state index in [1.807, 2.05) is 60.9 Å². The van der Waals surface area contributed by atoms with Crippen molar-refractivity contribution in [2.24, 2.45) is 0 Å². The summed E-state index contributed by atoms with van der Waals surface area (Å²) < 4.78 is 1.70. The molecule has 0 amide bonds. The Morgan fingerprint density at radius 3 is 2.80 bits per heavy atom. The molecule has 100 valence electrons. The van der Waals surface area contributed by atoms with Crippen LogP contribution in [0.1, 0.15) is 17.6 Å². The highest BCUT2D eigenvalue weighted by Crippen LogP contribution is 2.14. The quantitative estimate of drug-likeness (QED) is 0.735. The molecule has 0 N–H and O–H groups in total. The van der Waals surface area contributed by atoms with E-state index in [0.29, 0.717) is 17.8 Å². The van der Waals surface area contributed by atoms with Crippen molar-refractivity contribution < 1.29 is 0 Å². The Morgan fingerprint density at radius 1 is 1.20 bits per heavy atom. The molecule has 0 aliphatic rings. The Kier molecular flexibility index (Phi) is 3.48. The second-order valence-corrected chi connectivity index (χ2v) is 5.36. The number of benzene rings is 1. The molecule has 20 heavy (non-hydrogen) atoms. The first kappa shape index (κ1) is 12.8. The van der Waals surface area contributed by atoms with E-state index in [-0.39, 0.29) is 5.56 Å². The van der Waals surface area contributed by atoms with E-state index in [1.54, 1.807) is 15.9 Å². The van der Waals surface area contributed by atoms with Crippen molar-refractivity contribution in [1.82, 2.24) is 9.55 Å². The molecular weight excluding hydrogens is 268 g/mol. The zero-order valence-corrected chi connectivity index (χ0v) is 11.9. The van der Waals surface area contributed by atoms with Crippen LogP contribution >= 0.6 is 11.3 Å². The Bertz CT molecular complexity index is 816. The highest BCUT2D eigenvalue weighted by atomic mass is 32.1. The van der Waals surface area contributed by atoms with Crippen LogP contribution in [-0.2, 0) is 6.54 Å². The Morgan fingerprint density at radius 2 is 2.05 bits per heavy atom. The molecule has 2 aromatic heterocycles. The van der Waals surface area contributed by atoms with Crippen LogP contribution in [0.25, 0.3) is 23.1 Å². The molecule has 1 aromatic carbocycles. The van der Waals surface area contributed by atoms with Crippen molar-refractivity contribution >= 4 is 34.4 Å². The normalized spacial score (nSPS) is 11.4. The van der Waals surface area contributed by atoms with Gasteiger partial charge in [-0.3, -0.25) is 9.36 Å². The van der Waals surface area contributed by atoms with Crippen molar-refractivity contribution in [3.63, 3.8) is 0 Å². The van der Waals surface area contributed by atoms with Gasteiger partial charge < -0.3 is 0 Å². The summed E-state index contributed by atoms with van der Waals surface area (Å²) in [4.78, 5) is 18.2. The maximum atomic E-state index is 12.4. The van der Waals surface area contributed by atoms with Crippen molar-refractivity contribution in [3.05, 3.63) is 62.8 Å². The molecular formula is C16H14N2OS. The molecule has 3 nitrogen and oxygen atoms in total. The Hall–Kier alpha value is -2.20. The zero-order chi connectivity index (χ0) is 13.9. The van der Waals surface area contributed by atoms with Gasteiger partial charge in [-0.05, 0) is 42.7 Å².